The van der Waals surface area contributed by atoms with Gasteiger partial charge in [-0.1, -0.05) is 18.5 Å². The summed E-state index contributed by atoms with van der Waals surface area (Å²) in [6, 6.07) is 5.53. The predicted octanol–water partition coefficient (Wildman–Crippen LogP) is 3.46. The second kappa shape index (κ2) is 5.19. The second-order valence-corrected chi connectivity index (χ2v) is 4.11. The van der Waals surface area contributed by atoms with Crippen LogP contribution in [-0.4, -0.2) is 9.97 Å². The number of rotatable bonds is 4. The van der Waals surface area contributed by atoms with Crippen LogP contribution in [0.5, 0.6) is 0 Å². The van der Waals surface area contributed by atoms with Crippen molar-refractivity contribution in [1.29, 1.82) is 0 Å². The predicted molar refractivity (Wildman–Crippen MR) is 67.2 cm³/mol. The molecular formula is C12H14ClN3O. The first kappa shape index (κ1) is 11.9. The fraction of sp³-hybridized carbons (Fsp3) is 0.333. The van der Waals surface area contributed by atoms with Crippen molar-refractivity contribution in [2.75, 3.05) is 5.32 Å². The number of nitrogens with zero attached hydrogens (tertiary/aromatic N) is 2. The molecule has 0 saturated carbocycles. The van der Waals surface area contributed by atoms with E-state index in [0.29, 0.717) is 11.0 Å². The average Bonchev–Trinajstić information content (AvgIpc) is 2.81. The van der Waals surface area contributed by atoms with Crippen LogP contribution in [0.25, 0.3) is 0 Å². The Morgan fingerprint density at radius 2 is 2.29 bits per heavy atom. The lowest BCUT2D eigenvalue weighted by molar-refractivity contribution is 0.490. The Morgan fingerprint density at radius 1 is 1.47 bits per heavy atom. The molecule has 5 heteroatoms. The molecule has 1 unspecified atom stereocenters. The number of aryl methyl sites for hydroxylation is 1. The molecule has 0 amide bonds. The fourth-order valence-corrected chi connectivity index (χ4v) is 1.73. The lowest BCUT2D eigenvalue weighted by Gasteiger charge is -2.12. The van der Waals surface area contributed by atoms with Crippen LogP contribution in [0.3, 0.4) is 0 Å². The molecule has 2 aromatic rings. The summed E-state index contributed by atoms with van der Waals surface area (Å²) in [5.41, 5.74) is 0. The zero-order valence-corrected chi connectivity index (χ0v) is 10.5. The summed E-state index contributed by atoms with van der Waals surface area (Å²) in [5.74, 6) is 2.30. The standard InChI is InChI=1S/C12H14ClN3O/c1-3-11-15-10(13)7-12(16-11)14-8(2)9-5-4-6-17-9/h4-8H,3H2,1-2H3,(H,14,15,16). The summed E-state index contributed by atoms with van der Waals surface area (Å²) in [6.45, 7) is 3.99. The quantitative estimate of drug-likeness (QED) is 0.846. The largest absolute Gasteiger partial charge is 0.467 e. The fourth-order valence-electron chi connectivity index (χ4n) is 1.53. The summed E-state index contributed by atoms with van der Waals surface area (Å²) in [7, 11) is 0. The summed E-state index contributed by atoms with van der Waals surface area (Å²) in [4.78, 5) is 8.47. The molecule has 17 heavy (non-hydrogen) atoms. The monoisotopic (exact) mass is 251 g/mol. The van der Waals surface area contributed by atoms with E-state index in [-0.39, 0.29) is 6.04 Å². The minimum atomic E-state index is 0.0423. The van der Waals surface area contributed by atoms with Crippen molar-refractivity contribution >= 4 is 17.4 Å². The highest BCUT2D eigenvalue weighted by atomic mass is 35.5. The van der Waals surface area contributed by atoms with E-state index in [1.165, 1.54) is 0 Å². The molecule has 0 aliphatic heterocycles. The lowest BCUT2D eigenvalue weighted by Crippen LogP contribution is -2.08. The van der Waals surface area contributed by atoms with Crippen LogP contribution in [0, 0.1) is 0 Å². The molecule has 0 aromatic carbocycles. The SMILES string of the molecule is CCc1nc(Cl)cc(NC(C)c2ccco2)n1. The van der Waals surface area contributed by atoms with Gasteiger partial charge in [0.15, 0.2) is 0 Å². The van der Waals surface area contributed by atoms with Gasteiger partial charge in [0.25, 0.3) is 0 Å². The first-order chi connectivity index (χ1) is 8.19. The Bertz CT molecular complexity index is 485. The molecule has 0 spiro atoms. The third-order valence-corrected chi connectivity index (χ3v) is 2.59. The highest BCUT2D eigenvalue weighted by Crippen LogP contribution is 2.20. The van der Waals surface area contributed by atoms with Gasteiger partial charge < -0.3 is 9.73 Å². The molecule has 0 aliphatic rings. The molecule has 1 N–H and O–H groups in total. The molecule has 2 heterocycles. The summed E-state index contributed by atoms with van der Waals surface area (Å²) in [5, 5.41) is 3.68. The molecule has 90 valence electrons. The summed E-state index contributed by atoms with van der Waals surface area (Å²) >= 11 is 5.92. The van der Waals surface area contributed by atoms with Gasteiger partial charge in [-0.05, 0) is 19.1 Å². The highest BCUT2D eigenvalue weighted by molar-refractivity contribution is 6.29. The summed E-state index contributed by atoms with van der Waals surface area (Å²) in [6.07, 6.45) is 2.41. The van der Waals surface area contributed by atoms with Gasteiger partial charge in [0.05, 0.1) is 12.3 Å². The van der Waals surface area contributed by atoms with Crippen molar-refractivity contribution in [2.24, 2.45) is 0 Å². The van der Waals surface area contributed by atoms with Gasteiger partial charge in [0, 0.05) is 12.5 Å². The molecule has 0 aliphatic carbocycles. The van der Waals surface area contributed by atoms with E-state index in [4.69, 9.17) is 16.0 Å². The number of hydrogen-bond donors (Lipinski definition) is 1. The van der Waals surface area contributed by atoms with Gasteiger partial charge in [-0.15, -0.1) is 0 Å². The van der Waals surface area contributed by atoms with Gasteiger partial charge in [-0.3, -0.25) is 0 Å². The van der Waals surface area contributed by atoms with Crippen LogP contribution in [0.15, 0.2) is 28.9 Å². The molecule has 2 aromatic heterocycles. The van der Waals surface area contributed by atoms with Gasteiger partial charge >= 0.3 is 0 Å². The zero-order chi connectivity index (χ0) is 12.3. The Balaban J connectivity index is 2.15. The maximum absolute atomic E-state index is 5.92. The molecule has 0 saturated heterocycles. The average molecular weight is 252 g/mol. The molecule has 0 fully saturated rings. The van der Waals surface area contributed by atoms with E-state index in [9.17, 15) is 0 Å². The Hall–Kier alpha value is -1.55. The molecular weight excluding hydrogens is 238 g/mol. The van der Waals surface area contributed by atoms with Gasteiger partial charge in [0.1, 0.15) is 22.6 Å². The van der Waals surface area contributed by atoms with Gasteiger partial charge in [-0.2, -0.15) is 0 Å². The van der Waals surface area contributed by atoms with E-state index in [2.05, 4.69) is 15.3 Å². The van der Waals surface area contributed by atoms with Crippen molar-refractivity contribution in [3.05, 3.63) is 41.2 Å². The molecule has 0 radical (unpaired) electrons. The Morgan fingerprint density at radius 3 is 2.94 bits per heavy atom. The maximum Gasteiger partial charge on any atom is 0.134 e. The maximum atomic E-state index is 5.92. The first-order valence-electron chi connectivity index (χ1n) is 5.52. The van der Waals surface area contributed by atoms with Crippen LogP contribution in [0.1, 0.15) is 31.5 Å². The molecule has 4 nitrogen and oxygen atoms in total. The number of furan rings is 1. The van der Waals surface area contributed by atoms with Gasteiger partial charge in [-0.25, -0.2) is 9.97 Å². The Kier molecular flexibility index (Phi) is 3.64. The van der Waals surface area contributed by atoms with E-state index < -0.39 is 0 Å². The third kappa shape index (κ3) is 2.97. The number of hydrogen-bond acceptors (Lipinski definition) is 4. The van der Waals surface area contributed by atoms with Crippen LogP contribution in [0.2, 0.25) is 5.15 Å². The van der Waals surface area contributed by atoms with Crippen molar-refractivity contribution in [3.8, 4) is 0 Å². The number of halogens is 1. The smallest absolute Gasteiger partial charge is 0.134 e. The number of anilines is 1. The van der Waals surface area contributed by atoms with Crippen molar-refractivity contribution in [1.82, 2.24) is 9.97 Å². The molecule has 2 rings (SSSR count). The zero-order valence-electron chi connectivity index (χ0n) is 9.77. The van der Waals surface area contributed by atoms with Crippen LogP contribution >= 0.6 is 11.6 Å². The highest BCUT2D eigenvalue weighted by Gasteiger charge is 2.09. The van der Waals surface area contributed by atoms with Crippen molar-refractivity contribution in [2.45, 2.75) is 26.3 Å². The summed E-state index contributed by atoms with van der Waals surface area (Å²) < 4.78 is 5.32. The first-order valence-corrected chi connectivity index (χ1v) is 5.90. The molecule has 0 bridgehead atoms. The lowest BCUT2D eigenvalue weighted by atomic mass is 10.2. The van der Waals surface area contributed by atoms with Crippen LogP contribution in [0.4, 0.5) is 5.82 Å². The van der Waals surface area contributed by atoms with Crippen LogP contribution in [-0.2, 0) is 6.42 Å². The van der Waals surface area contributed by atoms with E-state index in [1.807, 2.05) is 26.0 Å². The van der Waals surface area contributed by atoms with E-state index >= 15 is 0 Å². The normalized spacial score (nSPS) is 12.4. The van der Waals surface area contributed by atoms with E-state index in [0.717, 1.165) is 18.0 Å². The third-order valence-electron chi connectivity index (χ3n) is 2.39. The van der Waals surface area contributed by atoms with Crippen molar-refractivity contribution in [3.63, 3.8) is 0 Å². The van der Waals surface area contributed by atoms with Crippen molar-refractivity contribution < 1.29 is 4.42 Å². The van der Waals surface area contributed by atoms with Gasteiger partial charge in [0.2, 0.25) is 0 Å². The second-order valence-electron chi connectivity index (χ2n) is 3.73. The number of aromatic nitrogens is 2. The minimum Gasteiger partial charge on any atom is -0.467 e. The topological polar surface area (TPSA) is 51.0 Å². The van der Waals surface area contributed by atoms with Crippen LogP contribution < -0.4 is 5.32 Å². The number of nitrogens with one attached hydrogen (secondary N) is 1. The minimum absolute atomic E-state index is 0.0423. The Labute approximate surface area is 105 Å². The molecule has 1 atom stereocenters. The van der Waals surface area contributed by atoms with E-state index in [1.54, 1.807) is 12.3 Å².